The van der Waals surface area contributed by atoms with Crippen molar-refractivity contribution in [1.29, 1.82) is 0 Å². The molecule has 0 amide bonds. The third-order valence-corrected chi connectivity index (χ3v) is 6.89. The summed E-state index contributed by atoms with van der Waals surface area (Å²) in [4.78, 5) is 11.1. The Bertz CT molecular complexity index is 82.7. The smallest absolute Gasteiger partial charge is 0.00280 e. The fourth-order valence-electron chi connectivity index (χ4n) is 0.369. The Labute approximate surface area is 91.6 Å². The van der Waals surface area contributed by atoms with Gasteiger partial charge in [-0.2, -0.15) is 0 Å². The van der Waals surface area contributed by atoms with Gasteiger partial charge in [-0.3, -0.25) is 0 Å². The zero-order valence-corrected chi connectivity index (χ0v) is 13.0. The molecule has 64 valence electrons. The summed E-state index contributed by atoms with van der Waals surface area (Å²) in [5.41, 5.74) is 0. The van der Waals surface area contributed by atoms with Crippen LogP contribution in [0.1, 0.15) is 27.7 Å². The van der Waals surface area contributed by atoms with Gasteiger partial charge in [0.05, 0.1) is 0 Å². The second-order valence-electron chi connectivity index (χ2n) is 2.53. The minimum Gasteiger partial charge on any atom is -0.813 e. The molecule has 0 aliphatic heterocycles. The molecule has 1 nitrogen and oxygen atoms in total. The third-order valence-electron chi connectivity index (χ3n) is 0.594. The Morgan fingerprint density at radius 2 is 1.27 bits per heavy atom. The van der Waals surface area contributed by atoms with E-state index in [9.17, 15) is 4.89 Å². The molecule has 0 bridgehead atoms. The maximum absolute atomic E-state index is 11.1. The number of hydrogen-bond donors (Lipinski definition) is 0. The summed E-state index contributed by atoms with van der Waals surface area (Å²) >= 11 is 3.11. The van der Waals surface area contributed by atoms with E-state index in [1.165, 1.54) is 0 Å². The molecule has 0 aliphatic carbocycles. The molecule has 0 aromatic carbocycles. The van der Waals surface area contributed by atoms with Crippen molar-refractivity contribution in [3.63, 3.8) is 0 Å². The Kier molecular flexibility index (Phi) is 11.5. The molecule has 5 heteroatoms. The molecule has 11 heavy (non-hydrogen) atoms. The molecule has 0 radical (unpaired) electrons. The molecule has 0 atom stereocenters. The summed E-state index contributed by atoms with van der Waals surface area (Å²) in [7, 11) is 0. The van der Waals surface area contributed by atoms with Gasteiger partial charge in [-0.1, -0.05) is 34.2 Å². The Morgan fingerprint density at radius 1 is 1.00 bits per heavy atom. The minimum absolute atomic E-state index is 0. The predicted octanol–water partition coefficient (Wildman–Crippen LogP) is 2.85. The van der Waals surface area contributed by atoms with Crippen LogP contribution in [0.25, 0.3) is 0 Å². The average molecular weight is 263 g/mol. The van der Waals surface area contributed by atoms with E-state index < -0.39 is 6.55 Å². The van der Waals surface area contributed by atoms with Gasteiger partial charge in [0.15, 0.2) is 0 Å². The van der Waals surface area contributed by atoms with Crippen LogP contribution in [0.3, 0.4) is 0 Å². The van der Waals surface area contributed by atoms with Crippen molar-refractivity contribution >= 4 is 29.3 Å². The SMILES string of the molecule is CC(C)SP([O-])SC(C)C.[Zn]. The van der Waals surface area contributed by atoms with Crippen LogP contribution < -0.4 is 4.89 Å². The first-order valence-corrected chi connectivity index (χ1v) is 7.56. The first-order chi connectivity index (χ1) is 4.52. The quantitative estimate of drug-likeness (QED) is 0.575. The van der Waals surface area contributed by atoms with E-state index in [0.29, 0.717) is 10.5 Å². The second-order valence-corrected chi connectivity index (χ2v) is 9.23. The largest absolute Gasteiger partial charge is 0.813 e. The van der Waals surface area contributed by atoms with Crippen molar-refractivity contribution in [2.45, 2.75) is 38.2 Å². The van der Waals surface area contributed by atoms with E-state index in [2.05, 4.69) is 27.7 Å². The van der Waals surface area contributed by atoms with Gasteiger partial charge >= 0.3 is 0 Å². The number of rotatable bonds is 4. The zero-order valence-electron chi connectivity index (χ0n) is 7.53. The molecule has 0 fully saturated rings. The zero-order chi connectivity index (χ0) is 8.15. The van der Waals surface area contributed by atoms with Gasteiger partial charge in [0.25, 0.3) is 0 Å². The molecule has 0 unspecified atom stereocenters. The summed E-state index contributed by atoms with van der Waals surface area (Å²) in [6.07, 6.45) is 0. The summed E-state index contributed by atoms with van der Waals surface area (Å²) in [6.45, 7) is 7.20. The van der Waals surface area contributed by atoms with Crippen molar-refractivity contribution < 1.29 is 24.4 Å². The second kappa shape index (κ2) is 8.32. The van der Waals surface area contributed by atoms with E-state index in [1.807, 2.05) is 0 Å². The van der Waals surface area contributed by atoms with Crippen molar-refractivity contribution in [3.05, 3.63) is 0 Å². The van der Waals surface area contributed by atoms with Crippen LogP contribution >= 0.6 is 29.3 Å². The maximum Gasteiger partial charge on any atom is 0.00280 e. The van der Waals surface area contributed by atoms with Gasteiger partial charge in [-0.15, -0.1) is 22.8 Å². The molecule has 0 aromatic heterocycles. The van der Waals surface area contributed by atoms with Gasteiger partial charge in [0.2, 0.25) is 0 Å². The molecule has 0 heterocycles. The van der Waals surface area contributed by atoms with Crippen molar-refractivity contribution in [1.82, 2.24) is 0 Å². The van der Waals surface area contributed by atoms with Crippen LogP contribution in [0.4, 0.5) is 0 Å². The van der Waals surface area contributed by atoms with Crippen molar-refractivity contribution in [3.8, 4) is 0 Å². The summed E-state index contributed by atoms with van der Waals surface area (Å²) in [5.74, 6) is 0. The topological polar surface area (TPSA) is 23.1 Å². The molecular weight excluding hydrogens is 249 g/mol. The monoisotopic (exact) mass is 261 g/mol. The Hall–Kier alpha value is 1.71. The average Bonchev–Trinajstić information content (AvgIpc) is 1.58. The minimum atomic E-state index is -1.08. The van der Waals surface area contributed by atoms with Crippen LogP contribution in [-0.2, 0) is 19.5 Å². The van der Waals surface area contributed by atoms with E-state index in [0.717, 1.165) is 0 Å². The van der Waals surface area contributed by atoms with E-state index >= 15 is 0 Å². The standard InChI is InChI=1S/C6H14OPS2.Zn/c1-5(2)9-8(7)10-6(3)4;/h5-6H,1-4H3;/q-1;. The first kappa shape index (κ1) is 15.2. The van der Waals surface area contributed by atoms with Crippen molar-refractivity contribution in [2.75, 3.05) is 0 Å². The van der Waals surface area contributed by atoms with Crippen LogP contribution in [0.15, 0.2) is 0 Å². The predicted molar refractivity (Wildman–Crippen MR) is 52.4 cm³/mol. The first-order valence-electron chi connectivity index (χ1n) is 3.33. The van der Waals surface area contributed by atoms with Crippen LogP contribution in [0.5, 0.6) is 0 Å². The maximum atomic E-state index is 11.1. The fourth-order valence-corrected chi connectivity index (χ4v) is 6.87. The van der Waals surface area contributed by atoms with Crippen LogP contribution in [-0.4, -0.2) is 10.5 Å². The Morgan fingerprint density at radius 3 is 1.45 bits per heavy atom. The summed E-state index contributed by atoms with van der Waals surface area (Å²) in [6, 6.07) is 0. The van der Waals surface area contributed by atoms with Crippen LogP contribution in [0, 0.1) is 0 Å². The normalized spacial score (nSPS) is 10.9. The molecular formula is C6H14OPS2Zn-. The molecule has 0 aromatic rings. The molecule has 0 saturated heterocycles. The van der Waals surface area contributed by atoms with Gasteiger partial charge in [0.1, 0.15) is 0 Å². The van der Waals surface area contributed by atoms with Gasteiger partial charge in [-0.25, -0.2) is 0 Å². The third kappa shape index (κ3) is 11.7. The van der Waals surface area contributed by atoms with Gasteiger partial charge < -0.3 is 4.89 Å². The molecule has 0 saturated carbocycles. The van der Waals surface area contributed by atoms with E-state index in [-0.39, 0.29) is 19.5 Å². The number of hydrogen-bond acceptors (Lipinski definition) is 3. The van der Waals surface area contributed by atoms with Crippen LogP contribution in [0.2, 0.25) is 0 Å². The van der Waals surface area contributed by atoms with E-state index in [1.54, 1.807) is 22.8 Å². The summed E-state index contributed by atoms with van der Waals surface area (Å²) < 4.78 is 0. The van der Waals surface area contributed by atoms with Gasteiger partial charge in [0, 0.05) is 30.0 Å². The summed E-state index contributed by atoms with van der Waals surface area (Å²) in [5, 5.41) is 0.963. The molecule has 0 N–H and O–H groups in total. The fraction of sp³-hybridized carbons (Fsp3) is 1.00. The van der Waals surface area contributed by atoms with Gasteiger partial charge in [-0.05, 0) is 0 Å². The molecule has 0 aliphatic rings. The molecule has 0 spiro atoms. The van der Waals surface area contributed by atoms with E-state index in [4.69, 9.17) is 0 Å². The van der Waals surface area contributed by atoms with Crippen molar-refractivity contribution in [2.24, 2.45) is 0 Å². The Balaban J connectivity index is 0. The molecule has 0 rings (SSSR count).